The van der Waals surface area contributed by atoms with Crippen molar-refractivity contribution in [1.29, 1.82) is 10.7 Å². The van der Waals surface area contributed by atoms with E-state index < -0.39 is 12.0 Å². The first-order valence-corrected chi connectivity index (χ1v) is 9.38. The molecule has 1 N–H and O–H groups in total. The van der Waals surface area contributed by atoms with E-state index >= 15 is 0 Å². The summed E-state index contributed by atoms with van der Waals surface area (Å²) in [4.78, 5) is 6.54. The van der Waals surface area contributed by atoms with Crippen molar-refractivity contribution in [2.45, 2.75) is 50.5 Å². The van der Waals surface area contributed by atoms with E-state index in [4.69, 9.17) is 10.1 Å². The Morgan fingerprint density at radius 1 is 1.41 bits per heavy atom. The first-order chi connectivity index (χ1) is 13.4. The molecule has 1 saturated heterocycles. The zero-order chi connectivity index (χ0) is 19.9. The van der Waals surface area contributed by atoms with Crippen molar-refractivity contribution in [3.8, 4) is 6.07 Å². The largest absolute Gasteiger partial charge is 0.376 e. The minimum atomic E-state index is -2.61. The maximum absolute atomic E-state index is 13.7. The van der Waals surface area contributed by atoms with Gasteiger partial charge in [-0.2, -0.15) is 5.26 Å². The Bertz CT molecular complexity index is 946. The van der Waals surface area contributed by atoms with Gasteiger partial charge in [-0.25, -0.2) is 8.78 Å². The smallest absolute Gasteiger partial charge is 0.248 e. The fourth-order valence-corrected chi connectivity index (χ4v) is 3.99. The van der Waals surface area contributed by atoms with Gasteiger partial charge in [0.15, 0.2) is 0 Å². The molecule has 29 heavy (non-hydrogen) atoms. The monoisotopic (exact) mass is 480 g/mol. The van der Waals surface area contributed by atoms with Crippen molar-refractivity contribution < 1.29 is 35.9 Å². The number of ether oxygens (including phenoxy) is 1. The molecule has 3 heterocycles. The Morgan fingerprint density at radius 3 is 2.79 bits per heavy atom. The van der Waals surface area contributed by atoms with Crippen LogP contribution in [0.5, 0.6) is 0 Å². The number of alkyl halides is 2. The van der Waals surface area contributed by atoms with Gasteiger partial charge in [0, 0.05) is 41.8 Å². The van der Waals surface area contributed by atoms with Crippen LogP contribution < -0.4 is 4.90 Å². The summed E-state index contributed by atoms with van der Waals surface area (Å²) in [6.07, 6.45) is 3.38. The topological polar surface area (TPSA) is 90.8 Å². The molecule has 1 atom stereocenters. The van der Waals surface area contributed by atoms with Crippen LogP contribution in [0, 0.1) is 22.9 Å². The molecule has 0 bridgehead atoms. The average Bonchev–Trinajstić information content (AvgIpc) is 3.11. The molecule has 0 aromatic carbocycles. The second-order valence-electron chi connectivity index (χ2n) is 7.42. The van der Waals surface area contributed by atoms with Crippen LogP contribution in [0.2, 0.25) is 0 Å². The van der Waals surface area contributed by atoms with Crippen molar-refractivity contribution >= 4 is 22.7 Å². The Balaban J connectivity index is 0.00000240. The van der Waals surface area contributed by atoms with Gasteiger partial charge in [-0.15, -0.1) is 10.9 Å². The van der Waals surface area contributed by atoms with E-state index in [1.807, 2.05) is 11.0 Å². The number of fused-ring (bicyclic) bond motifs is 1. The third-order valence-electron chi connectivity index (χ3n) is 5.53. The van der Waals surface area contributed by atoms with Gasteiger partial charge in [0.25, 0.3) is 0 Å². The molecule has 2 fully saturated rings. The standard InChI is InChI=1S/C19H21F2N6O.Nb/c1-12(23)27-18-16(10-24-27)15(13-2-4-19(20,21)5-3-13)8-17(25-18)26-6-7-28-11-14(26)9-22;/h8,13-14,23H,2-7,11H2,1H3;/q-1;/t14-;/m1./s1. The Morgan fingerprint density at radius 2 is 2.14 bits per heavy atom. The number of halogens is 2. The normalized spacial score (nSPS) is 22.1. The quantitative estimate of drug-likeness (QED) is 0.309. The predicted octanol–water partition coefficient (Wildman–Crippen LogP) is 3.10. The minimum Gasteiger partial charge on any atom is -0.376 e. The summed E-state index contributed by atoms with van der Waals surface area (Å²) in [5.41, 5.74) is 1.34. The van der Waals surface area contributed by atoms with Crippen molar-refractivity contribution in [1.82, 2.24) is 14.8 Å². The molecule has 2 aromatic rings. The van der Waals surface area contributed by atoms with E-state index in [1.54, 1.807) is 6.92 Å². The fraction of sp³-hybridized carbons (Fsp3) is 0.579. The molecule has 4 rings (SSSR count). The van der Waals surface area contributed by atoms with E-state index in [-0.39, 0.29) is 53.6 Å². The summed E-state index contributed by atoms with van der Waals surface area (Å²) in [7, 11) is 0. The summed E-state index contributed by atoms with van der Waals surface area (Å²) in [6, 6.07) is 3.64. The van der Waals surface area contributed by atoms with Gasteiger partial charge in [0.1, 0.15) is 17.7 Å². The van der Waals surface area contributed by atoms with Crippen LogP contribution >= 0.6 is 0 Å². The molecule has 7 nitrogen and oxygen atoms in total. The summed E-state index contributed by atoms with van der Waals surface area (Å²) in [5.74, 6) is -1.88. The molecule has 153 valence electrons. The number of nitrogens with zero attached hydrogens (tertiary/aromatic N) is 5. The molecule has 1 aliphatic carbocycles. The van der Waals surface area contributed by atoms with Crippen LogP contribution in [0.3, 0.4) is 0 Å². The van der Waals surface area contributed by atoms with Gasteiger partial charge < -0.3 is 9.64 Å². The molecule has 2 aromatic heterocycles. The molecule has 0 unspecified atom stereocenters. The van der Waals surface area contributed by atoms with Gasteiger partial charge in [-0.3, -0.25) is 20.2 Å². The fourth-order valence-electron chi connectivity index (χ4n) is 3.99. The molecule has 0 amide bonds. The van der Waals surface area contributed by atoms with Crippen molar-refractivity contribution in [2.24, 2.45) is 0 Å². The number of anilines is 1. The molecule has 2 aliphatic rings. The average molecular weight is 480 g/mol. The molecular weight excluding hydrogens is 459 g/mol. The van der Waals surface area contributed by atoms with Gasteiger partial charge in [-0.05, 0) is 13.1 Å². The van der Waals surface area contributed by atoms with Crippen molar-refractivity contribution in [3.05, 3.63) is 17.8 Å². The SMILES string of the molecule is CC(=N)n1n[c-]c2c(C3CCC(F)(F)CC3)cc(N3CCOC[C@H]3C#N)nc21.[Nb]. The number of rotatable bonds is 2. The molecule has 1 aliphatic heterocycles. The number of hydrogen-bond donors (Lipinski definition) is 1. The third-order valence-corrected chi connectivity index (χ3v) is 5.53. The molecule has 0 spiro atoms. The Kier molecular flexibility index (Phi) is 6.39. The Labute approximate surface area is 183 Å². The summed E-state index contributed by atoms with van der Waals surface area (Å²) in [5, 5.41) is 22.2. The third kappa shape index (κ3) is 4.21. The van der Waals surface area contributed by atoms with Gasteiger partial charge in [-0.1, -0.05) is 24.8 Å². The van der Waals surface area contributed by atoms with Crippen molar-refractivity contribution in [2.75, 3.05) is 24.7 Å². The summed E-state index contributed by atoms with van der Waals surface area (Å²) >= 11 is 0. The number of pyridine rings is 1. The number of nitrogens with one attached hydrogen (secondary N) is 1. The number of morpholine rings is 1. The predicted molar refractivity (Wildman–Crippen MR) is 98.9 cm³/mol. The minimum absolute atomic E-state index is 0. The second kappa shape index (κ2) is 8.48. The van der Waals surface area contributed by atoms with Crippen LogP contribution in [0.25, 0.3) is 11.0 Å². The van der Waals surface area contributed by atoms with Gasteiger partial charge >= 0.3 is 0 Å². The van der Waals surface area contributed by atoms with E-state index in [0.29, 0.717) is 42.8 Å². The first-order valence-electron chi connectivity index (χ1n) is 9.38. The second-order valence-corrected chi connectivity index (χ2v) is 7.42. The Hall–Kier alpha value is -1.86. The molecule has 1 radical (unpaired) electrons. The summed E-state index contributed by atoms with van der Waals surface area (Å²) in [6.45, 7) is 2.89. The van der Waals surface area contributed by atoms with E-state index in [2.05, 4.69) is 22.3 Å². The first kappa shape index (κ1) is 21.8. The van der Waals surface area contributed by atoms with Crippen LogP contribution in [0.15, 0.2) is 6.07 Å². The maximum atomic E-state index is 13.7. The van der Waals surface area contributed by atoms with E-state index in [0.717, 1.165) is 5.56 Å². The van der Waals surface area contributed by atoms with E-state index in [1.165, 1.54) is 4.68 Å². The maximum Gasteiger partial charge on any atom is 0.248 e. The zero-order valence-electron chi connectivity index (χ0n) is 16.0. The number of nitriles is 1. The van der Waals surface area contributed by atoms with Gasteiger partial charge in [0.2, 0.25) is 5.92 Å². The van der Waals surface area contributed by atoms with Crippen LogP contribution in [-0.2, 0) is 27.1 Å². The van der Waals surface area contributed by atoms with Crippen LogP contribution in [-0.4, -0.2) is 52.3 Å². The molecule has 1 saturated carbocycles. The van der Waals surface area contributed by atoms with Gasteiger partial charge in [0.05, 0.1) is 24.9 Å². The number of hydrogen-bond acceptors (Lipinski definition) is 6. The van der Waals surface area contributed by atoms with Crippen molar-refractivity contribution in [3.63, 3.8) is 0 Å². The van der Waals surface area contributed by atoms with Crippen LogP contribution in [0.1, 0.15) is 44.1 Å². The molecule has 10 heteroatoms. The van der Waals surface area contributed by atoms with E-state index in [9.17, 15) is 14.0 Å². The summed E-state index contributed by atoms with van der Waals surface area (Å²) < 4.78 is 34.1. The zero-order valence-corrected chi connectivity index (χ0v) is 18.2. The number of aromatic nitrogens is 3. The molecular formula is C19H21F2N6NbO-. The van der Waals surface area contributed by atoms with Crippen LogP contribution in [0.4, 0.5) is 14.6 Å².